The molecule has 0 aliphatic carbocycles. The molecule has 0 saturated carbocycles. The molecule has 86 valence electrons. The molecule has 1 atom stereocenters. The van der Waals surface area contributed by atoms with Crippen LogP contribution in [0.5, 0.6) is 0 Å². The summed E-state index contributed by atoms with van der Waals surface area (Å²) in [4.78, 5) is 14.4. The Morgan fingerprint density at radius 1 is 1.44 bits per heavy atom. The van der Waals surface area contributed by atoms with Gasteiger partial charge in [0.05, 0.1) is 7.11 Å². The number of carbonyl (C=O) groups excluding carboxylic acids is 1. The maximum atomic E-state index is 11.3. The second-order valence-corrected chi connectivity index (χ2v) is 3.29. The molecule has 0 fully saturated rings. The van der Waals surface area contributed by atoms with Gasteiger partial charge in [-0.25, -0.2) is 0 Å². The maximum Gasteiger partial charge on any atom is 0.327 e. The zero-order chi connectivity index (χ0) is 10.8. The van der Waals surface area contributed by atoms with Crippen LogP contribution in [0.1, 0.15) is 11.6 Å². The van der Waals surface area contributed by atoms with E-state index in [2.05, 4.69) is 9.72 Å². The van der Waals surface area contributed by atoms with Gasteiger partial charge in [-0.05, 0) is 6.07 Å². The van der Waals surface area contributed by atoms with E-state index in [4.69, 9.17) is 5.73 Å². The van der Waals surface area contributed by atoms with E-state index in [-0.39, 0.29) is 12.4 Å². The predicted octanol–water partition coefficient (Wildman–Crippen LogP) is 1.76. The number of fused-ring (bicyclic) bond motifs is 1. The first-order chi connectivity index (χ1) is 7.24. The molecule has 1 aromatic carbocycles. The van der Waals surface area contributed by atoms with E-state index in [1.807, 2.05) is 24.3 Å². The van der Waals surface area contributed by atoms with Crippen molar-refractivity contribution < 1.29 is 9.53 Å². The van der Waals surface area contributed by atoms with Gasteiger partial charge in [-0.15, -0.1) is 12.4 Å². The van der Waals surface area contributed by atoms with Gasteiger partial charge in [-0.1, -0.05) is 18.2 Å². The first-order valence-corrected chi connectivity index (χ1v) is 4.63. The van der Waals surface area contributed by atoms with Crippen molar-refractivity contribution in [1.29, 1.82) is 0 Å². The Hall–Kier alpha value is -1.52. The van der Waals surface area contributed by atoms with E-state index < -0.39 is 12.0 Å². The Kier molecular flexibility index (Phi) is 3.93. The predicted molar refractivity (Wildman–Crippen MR) is 64.5 cm³/mol. The van der Waals surface area contributed by atoms with Crippen molar-refractivity contribution in [3.8, 4) is 0 Å². The summed E-state index contributed by atoms with van der Waals surface area (Å²) in [6.07, 6.45) is 1.74. The summed E-state index contributed by atoms with van der Waals surface area (Å²) in [5.41, 5.74) is 7.49. The molecule has 1 aromatic heterocycles. The van der Waals surface area contributed by atoms with Crippen LogP contribution in [-0.2, 0) is 9.53 Å². The third-order valence-electron chi connectivity index (χ3n) is 2.41. The first kappa shape index (κ1) is 12.5. The lowest BCUT2D eigenvalue weighted by Crippen LogP contribution is -2.22. The topological polar surface area (TPSA) is 68.1 Å². The average molecular weight is 241 g/mol. The van der Waals surface area contributed by atoms with Gasteiger partial charge in [-0.3, -0.25) is 4.79 Å². The number of methoxy groups -OCH3 is 1. The molecule has 5 heteroatoms. The van der Waals surface area contributed by atoms with E-state index in [0.717, 1.165) is 16.5 Å². The van der Waals surface area contributed by atoms with Gasteiger partial charge in [0.15, 0.2) is 0 Å². The molecule has 0 bridgehead atoms. The summed E-state index contributed by atoms with van der Waals surface area (Å²) >= 11 is 0. The second kappa shape index (κ2) is 5.01. The molecule has 0 amide bonds. The number of H-pyrrole nitrogens is 1. The summed E-state index contributed by atoms with van der Waals surface area (Å²) < 4.78 is 4.61. The molecule has 16 heavy (non-hydrogen) atoms. The number of hydrogen-bond acceptors (Lipinski definition) is 3. The lowest BCUT2D eigenvalue weighted by atomic mass is 10.1. The number of rotatable bonds is 2. The molecule has 0 radical (unpaired) electrons. The van der Waals surface area contributed by atoms with Gasteiger partial charge in [0, 0.05) is 22.7 Å². The molecular formula is C11H13ClN2O2. The number of aromatic nitrogens is 1. The molecule has 0 aliphatic heterocycles. The number of ether oxygens (including phenoxy) is 1. The molecule has 2 aromatic rings. The van der Waals surface area contributed by atoms with Crippen molar-refractivity contribution >= 4 is 29.3 Å². The van der Waals surface area contributed by atoms with Crippen molar-refractivity contribution in [2.24, 2.45) is 5.73 Å². The third kappa shape index (κ3) is 2.03. The molecule has 0 spiro atoms. The van der Waals surface area contributed by atoms with Crippen LogP contribution in [0, 0.1) is 0 Å². The highest BCUT2D eigenvalue weighted by atomic mass is 35.5. The maximum absolute atomic E-state index is 11.3. The lowest BCUT2D eigenvalue weighted by Gasteiger charge is -2.07. The summed E-state index contributed by atoms with van der Waals surface area (Å²) in [5, 5.41) is 0.954. The molecule has 2 rings (SSSR count). The van der Waals surface area contributed by atoms with E-state index >= 15 is 0 Å². The number of halogens is 1. The van der Waals surface area contributed by atoms with Gasteiger partial charge in [-0.2, -0.15) is 0 Å². The smallest absolute Gasteiger partial charge is 0.327 e. The zero-order valence-electron chi connectivity index (χ0n) is 8.77. The largest absolute Gasteiger partial charge is 0.468 e. The summed E-state index contributed by atoms with van der Waals surface area (Å²) in [6.45, 7) is 0. The van der Waals surface area contributed by atoms with Crippen LogP contribution in [0.3, 0.4) is 0 Å². The monoisotopic (exact) mass is 240 g/mol. The Morgan fingerprint density at radius 2 is 2.12 bits per heavy atom. The highest BCUT2D eigenvalue weighted by Crippen LogP contribution is 2.23. The number of para-hydroxylation sites is 1. The minimum Gasteiger partial charge on any atom is -0.468 e. The Labute approximate surface area is 99.2 Å². The Balaban J connectivity index is 0.00000128. The Morgan fingerprint density at radius 3 is 2.81 bits per heavy atom. The number of esters is 1. The zero-order valence-corrected chi connectivity index (χ0v) is 9.58. The third-order valence-corrected chi connectivity index (χ3v) is 2.41. The molecule has 4 nitrogen and oxygen atoms in total. The van der Waals surface area contributed by atoms with Crippen molar-refractivity contribution in [1.82, 2.24) is 4.98 Å². The molecule has 0 aliphatic rings. The van der Waals surface area contributed by atoms with Crippen LogP contribution in [-0.4, -0.2) is 18.1 Å². The summed E-state index contributed by atoms with van der Waals surface area (Å²) in [5.74, 6) is -0.431. The second-order valence-electron chi connectivity index (χ2n) is 3.29. The molecule has 1 unspecified atom stereocenters. The molecule has 3 N–H and O–H groups in total. The number of carbonyl (C=O) groups is 1. The highest BCUT2D eigenvalue weighted by Gasteiger charge is 2.19. The van der Waals surface area contributed by atoms with E-state index in [0.29, 0.717) is 0 Å². The van der Waals surface area contributed by atoms with Gasteiger partial charge in [0.1, 0.15) is 6.04 Å². The van der Waals surface area contributed by atoms with E-state index in [9.17, 15) is 4.79 Å². The highest BCUT2D eigenvalue weighted by molar-refractivity contribution is 5.89. The standard InChI is InChI=1S/C11H12N2O2.ClH/c1-15-11(14)10(12)8-6-13-9-5-3-2-4-7(8)9;/h2-6,10,13H,12H2,1H3;1H. The number of nitrogens with one attached hydrogen (secondary N) is 1. The van der Waals surface area contributed by atoms with Crippen molar-refractivity contribution in [3.63, 3.8) is 0 Å². The fraction of sp³-hybridized carbons (Fsp3) is 0.182. The minimum absolute atomic E-state index is 0. The van der Waals surface area contributed by atoms with Gasteiger partial charge in [0.25, 0.3) is 0 Å². The van der Waals surface area contributed by atoms with Crippen LogP contribution in [0.2, 0.25) is 0 Å². The van der Waals surface area contributed by atoms with Crippen LogP contribution >= 0.6 is 12.4 Å². The van der Waals surface area contributed by atoms with Crippen LogP contribution in [0.4, 0.5) is 0 Å². The molecular weight excluding hydrogens is 228 g/mol. The number of aromatic amines is 1. The molecule has 0 saturated heterocycles. The number of nitrogens with two attached hydrogens (primary N) is 1. The fourth-order valence-electron chi connectivity index (χ4n) is 1.61. The number of hydrogen-bond donors (Lipinski definition) is 2. The number of benzene rings is 1. The minimum atomic E-state index is -0.730. The average Bonchev–Trinajstić information content (AvgIpc) is 2.70. The van der Waals surface area contributed by atoms with Crippen LogP contribution < -0.4 is 5.73 Å². The van der Waals surface area contributed by atoms with Crippen molar-refractivity contribution in [2.75, 3.05) is 7.11 Å². The van der Waals surface area contributed by atoms with E-state index in [1.54, 1.807) is 6.20 Å². The summed E-state index contributed by atoms with van der Waals surface area (Å²) in [7, 11) is 1.33. The quantitative estimate of drug-likeness (QED) is 0.786. The Bertz CT molecular complexity index is 495. The van der Waals surface area contributed by atoms with Gasteiger partial charge in [0.2, 0.25) is 0 Å². The van der Waals surface area contributed by atoms with Crippen molar-refractivity contribution in [3.05, 3.63) is 36.0 Å². The van der Waals surface area contributed by atoms with Crippen LogP contribution in [0.25, 0.3) is 10.9 Å². The van der Waals surface area contributed by atoms with Crippen molar-refractivity contribution in [2.45, 2.75) is 6.04 Å². The fourth-order valence-corrected chi connectivity index (χ4v) is 1.61. The SMILES string of the molecule is COC(=O)C(N)c1c[nH]c2ccccc12.Cl. The van der Waals surface area contributed by atoms with Gasteiger partial charge < -0.3 is 15.5 Å². The summed E-state index contributed by atoms with van der Waals surface area (Å²) in [6, 6.07) is 6.95. The normalized spacial score (nSPS) is 11.9. The lowest BCUT2D eigenvalue weighted by molar-refractivity contribution is -0.142. The van der Waals surface area contributed by atoms with E-state index in [1.165, 1.54) is 7.11 Å². The van der Waals surface area contributed by atoms with Crippen LogP contribution in [0.15, 0.2) is 30.5 Å². The van der Waals surface area contributed by atoms with Gasteiger partial charge >= 0.3 is 5.97 Å². The first-order valence-electron chi connectivity index (χ1n) is 4.63. The molecule has 1 heterocycles.